The van der Waals surface area contributed by atoms with Gasteiger partial charge in [-0.1, -0.05) is 72.3 Å². The Kier molecular flexibility index (Phi) is 6.85. The maximum Gasteiger partial charge on any atom is 0.256 e. The van der Waals surface area contributed by atoms with E-state index < -0.39 is 0 Å². The van der Waals surface area contributed by atoms with Crippen molar-refractivity contribution in [2.45, 2.75) is 20.0 Å². The van der Waals surface area contributed by atoms with E-state index in [0.717, 1.165) is 18.7 Å². The molecular weight excluding hydrogens is 372 g/mol. The van der Waals surface area contributed by atoms with Gasteiger partial charge in [0, 0.05) is 19.6 Å². The first-order valence-electron chi connectivity index (χ1n) is 9.32. The summed E-state index contributed by atoms with van der Waals surface area (Å²) < 4.78 is 1.67. The van der Waals surface area contributed by atoms with Crippen LogP contribution in [0.2, 0.25) is 5.15 Å². The molecule has 0 saturated heterocycles. The lowest BCUT2D eigenvalue weighted by atomic mass is 10.2. The third-order valence-electron chi connectivity index (χ3n) is 4.54. The highest BCUT2D eigenvalue weighted by atomic mass is 35.5. The quantitative estimate of drug-likeness (QED) is 0.630. The van der Waals surface area contributed by atoms with Crippen molar-refractivity contribution in [1.82, 2.24) is 20.0 Å². The second kappa shape index (κ2) is 9.53. The van der Waals surface area contributed by atoms with E-state index in [1.165, 1.54) is 5.56 Å². The van der Waals surface area contributed by atoms with Gasteiger partial charge in [-0.15, -0.1) is 0 Å². The summed E-state index contributed by atoms with van der Waals surface area (Å²) in [5.74, 6) is -0.185. The largest absolute Gasteiger partial charge is 0.351 e. The van der Waals surface area contributed by atoms with Gasteiger partial charge in [-0.05, 0) is 25.1 Å². The van der Waals surface area contributed by atoms with Crippen molar-refractivity contribution in [2.75, 3.05) is 20.1 Å². The second-order valence-electron chi connectivity index (χ2n) is 6.87. The number of nitrogens with one attached hydrogen (secondary N) is 1. The molecule has 0 atom stereocenters. The topological polar surface area (TPSA) is 50.2 Å². The highest BCUT2D eigenvalue weighted by molar-refractivity contribution is 6.33. The Bertz CT molecular complexity index is 909. The van der Waals surface area contributed by atoms with Crippen LogP contribution in [0, 0.1) is 6.92 Å². The number of carbonyl (C=O) groups is 1. The molecule has 5 nitrogen and oxygen atoms in total. The minimum absolute atomic E-state index is 0.185. The molecule has 0 aliphatic carbocycles. The Labute approximate surface area is 170 Å². The van der Waals surface area contributed by atoms with Crippen LogP contribution >= 0.6 is 11.6 Å². The summed E-state index contributed by atoms with van der Waals surface area (Å²) in [5.41, 5.74) is 3.41. The maximum atomic E-state index is 12.6. The van der Waals surface area contributed by atoms with Crippen LogP contribution in [0.1, 0.15) is 27.2 Å². The van der Waals surface area contributed by atoms with Gasteiger partial charge in [0.2, 0.25) is 0 Å². The van der Waals surface area contributed by atoms with Crippen molar-refractivity contribution in [3.8, 4) is 0 Å². The molecule has 2 aromatic carbocycles. The zero-order valence-corrected chi connectivity index (χ0v) is 17.0. The van der Waals surface area contributed by atoms with Crippen molar-refractivity contribution in [2.24, 2.45) is 0 Å². The van der Waals surface area contributed by atoms with E-state index in [0.29, 0.717) is 29.5 Å². The molecule has 3 rings (SSSR count). The number of hydrogen-bond donors (Lipinski definition) is 1. The van der Waals surface area contributed by atoms with Crippen LogP contribution in [-0.2, 0) is 13.1 Å². The minimum Gasteiger partial charge on any atom is -0.351 e. The van der Waals surface area contributed by atoms with Gasteiger partial charge in [-0.2, -0.15) is 5.10 Å². The Morgan fingerprint density at radius 2 is 1.68 bits per heavy atom. The summed E-state index contributed by atoms with van der Waals surface area (Å²) in [4.78, 5) is 14.8. The van der Waals surface area contributed by atoms with Crippen LogP contribution in [0.3, 0.4) is 0 Å². The molecule has 0 radical (unpaired) electrons. The van der Waals surface area contributed by atoms with Crippen molar-refractivity contribution < 1.29 is 4.79 Å². The summed E-state index contributed by atoms with van der Waals surface area (Å²) in [7, 11) is 2.04. The summed E-state index contributed by atoms with van der Waals surface area (Å²) in [6.45, 7) is 4.47. The number of likely N-dealkylation sites (N-methyl/N-ethyl adjacent to an activating group) is 1. The number of rotatable bonds is 8. The van der Waals surface area contributed by atoms with Crippen molar-refractivity contribution in [3.05, 3.63) is 88.2 Å². The van der Waals surface area contributed by atoms with E-state index in [1.54, 1.807) is 4.68 Å². The third kappa shape index (κ3) is 5.21. The molecule has 6 heteroatoms. The predicted molar refractivity (Wildman–Crippen MR) is 113 cm³/mol. The molecule has 0 fully saturated rings. The first-order valence-corrected chi connectivity index (χ1v) is 9.70. The monoisotopic (exact) mass is 396 g/mol. The molecule has 0 aliphatic rings. The van der Waals surface area contributed by atoms with E-state index in [1.807, 2.05) is 62.5 Å². The average Bonchev–Trinajstić information content (AvgIpc) is 2.96. The van der Waals surface area contributed by atoms with E-state index in [2.05, 4.69) is 27.4 Å². The van der Waals surface area contributed by atoms with E-state index in [-0.39, 0.29) is 5.91 Å². The molecule has 0 unspecified atom stereocenters. The number of aromatic nitrogens is 2. The summed E-state index contributed by atoms with van der Waals surface area (Å²) in [6, 6.07) is 20.2. The summed E-state index contributed by atoms with van der Waals surface area (Å²) in [6.07, 6.45) is 0. The van der Waals surface area contributed by atoms with Crippen LogP contribution < -0.4 is 5.32 Å². The van der Waals surface area contributed by atoms with Crippen LogP contribution in [-0.4, -0.2) is 40.7 Å². The molecule has 1 aromatic heterocycles. The minimum atomic E-state index is -0.185. The van der Waals surface area contributed by atoms with Gasteiger partial charge in [0.15, 0.2) is 0 Å². The van der Waals surface area contributed by atoms with Gasteiger partial charge in [-0.3, -0.25) is 4.79 Å². The summed E-state index contributed by atoms with van der Waals surface area (Å²) in [5, 5.41) is 7.77. The Morgan fingerprint density at radius 3 is 2.32 bits per heavy atom. The normalized spacial score (nSPS) is 11.0. The molecule has 0 saturated carbocycles. The van der Waals surface area contributed by atoms with E-state index in [9.17, 15) is 4.79 Å². The zero-order valence-electron chi connectivity index (χ0n) is 16.2. The lowest BCUT2D eigenvalue weighted by molar-refractivity contribution is 0.0949. The maximum absolute atomic E-state index is 12.6. The highest BCUT2D eigenvalue weighted by Gasteiger charge is 2.20. The molecule has 1 N–H and O–H groups in total. The number of carbonyl (C=O) groups excluding carboxylic acids is 1. The van der Waals surface area contributed by atoms with Crippen LogP contribution in [0.15, 0.2) is 60.7 Å². The number of halogens is 1. The van der Waals surface area contributed by atoms with Crippen molar-refractivity contribution >= 4 is 17.5 Å². The number of hydrogen-bond acceptors (Lipinski definition) is 3. The van der Waals surface area contributed by atoms with Gasteiger partial charge < -0.3 is 10.2 Å². The number of benzene rings is 2. The lowest BCUT2D eigenvalue weighted by Gasteiger charge is -2.17. The van der Waals surface area contributed by atoms with Crippen molar-refractivity contribution in [3.63, 3.8) is 0 Å². The van der Waals surface area contributed by atoms with Crippen LogP contribution in [0.4, 0.5) is 0 Å². The number of nitrogens with zero attached hydrogens (tertiary/aromatic N) is 3. The standard InChI is InChI=1S/C22H25ClN4O/c1-17-20(21(23)27(25-17)16-19-11-7-4-8-12-19)22(28)24-13-14-26(2)15-18-9-5-3-6-10-18/h3-12H,13-16H2,1-2H3,(H,24,28). The fourth-order valence-corrected chi connectivity index (χ4v) is 3.42. The fourth-order valence-electron chi connectivity index (χ4n) is 3.10. The van der Waals surface area contributed by atoms with Gasteiger partial charge >= 0.3 is 0 Å². The SMILES string of the molecule is Cc1nn(Cc2ccccc2)c(Cl)c1C(=O)NCCN(C)Cc1ccccc1. The Morgan fingerprint density at radius 1 is 1.07 bits per heavy atom. The Balaban J connectivity index is 1.55. The molecule has 0 spiro atoms. The smallest absolute Gasteiger partial charge is 0.256 e. The highest BCUT2D eigenvalue weighted by Crippen LogP contribution is 2.20. The van der Waals surface area contributed by atoms with Gasteiger partial charge in [0.25, 0.3) is 5.91 Å². The Hall–Kier alpha value is -2.63. The van der Waals surface area contributed by atoms with Gasteiger partial charge in [0.1, 0.15) is 5.15 Å². The second-order valence-corrected chi connectivity index (χ2v) is 7.23. The number of amides is 1. The zero-order chi connectivity index (χ0) is 19.9. The van der Waals surface area contributed by atoms with Gasteiger partial charge in [-0.25, -0.2) is 4.68 Å². The van der Waals surface area contributed by atoms with Gasteiger partial charge in [0.05, 0.1) is 17.8 Å². The van der Waals surface area contributed by atoms with Crippen molar-refractivity contribution in [1.29, 1.82) is 0 Å². The van der Waals surface area contributed by atoms with Crippen LogP contribution in [0.25, 0.3) is 0 Å². The molecule has 0 bridgehead atoms. The predicted octanol–water partition coefficient (Wildman–Crippen LogP) is 3.76. The molecule has 0 aliphatic heterocycles. The van der Waals surface area contributed by atoms with E-state index in [4.69, 9.17) is 11.6 Å². The molecular formula is C22H25ClN4O. The fraction of sp³-hybridized carbons (Fsp3) is 0.273. The van der Waals surface area contributed by atoms with E-state index >= 15 is 0 Å². The molecule has 28 heavy (non-hydrogen) atoms. The summed E-state index contributed by atoms with van der Waals surface area (Å²) >= 11 is 6.45. The van der Waals surface area contributed by atoms with Crippen LogP contribution in [0.5, 0.6) is 0 Å². The molecule has 1 amide bonds. The molecule has 3 aromatic rings. The molecule has 146 valence electrons. The lowest BCUT2D eigenvalue weighted by Crippen LogP contribution is -2.33. The number of aryl methyl sites for hydroxylation is 1. The first-order chi connectivity index (χ1) is 13.5. The first kappa shape index (κ1) is 20.1. The third-order valence-corrected chi connectivity index (χ3v) is 4.93. The molecule has 1 heterocycles. The average molecular weight is 397 g/mol.